The number of nitrogens with one attached hydrogen (secondary N) is 1. The Kier molecular flexibility index (Phi) is 4.04. The highest BCUT2D eigenvalue weighted by Gasteiger charge is 2.44. The van der Waals surface area contributed by atoms with E-state index in [9.17, 15) is 4.79 Å². The Morgan fingerprint density at radius 2 is 1.86 bits per heavy atom. The maximum absolute atomic E-state index is 12.6. The van der Waals surface area contributed by atoms with Crippen molar-refractivity contribution in [2.75, 3.05) is 5.32 Å². The van der Waals surface area contributed by atoms with E-state index < -0.39 is 5.79 Å². The zero-order valence-electron chi connectivity index (χ0n) is 16.4. The number of carbonyl (C=O) groups is 1. The summed E-state index contributed by atoms with van der Waals surface area (Å²) in [7, 11) is 0. The van der Waals surface area contributed by atoms with Crippen LogP contribution in [0.1, 0.15) is 47.4 Å². The zero-order chi connectivity index (χ0) is 20.0. The van der Waals surface area contributed by atoms with Gasteiger partial charge in [-0.05, 0) is 57.0 Å². The lowest BCUT2D eigenvalue weighted by Crippen LogP contribution is -2.34. The van der Waals surface area contributed by atoms with Crippen molar-refractivity contribution in [3.8, 4) is 17.3 Å². The largest absolute Gasteiger partial charge is 0.448 e. The summed E-state index contributed by atoms with van der Waals surface area (Å²) in [6.45, 7) is 3.91. The molecule has 1 amide bonds. The summed E-state index contributed by atoms with van der Waals surface area (Å²) >= 11 is 0. The van der Waals surface area contributed by atoms with Gasteiger partial charge in [0.15, 0.2) is 17.3 Å². The van der Waals surface area contributed by atoms with Crippen molar-refractivity contribution in [1.29, 1.82) is 0 Å². The number of nitrogens with zero attached hydrogens (tertiary/aromatic N) is 3. The highest BCUT2D eigenvalue weighted by molar-refractivity contribution is 6.04. The number of amides is 1. The minimum atomic E-state index is -0.506. The first-order valence-corrected chi connectivity index (χ1v) is 9.85. The normalized spacial score (nSPS) is 16.3. The molecule has 1 aromatic carbocycles. The van der Waals surface area contributed by atoms with E-state index in [2.05, 4.69) is 15.4 Å². The number of hydrogen-bond acceptors (Lipinski definition) is 5. The predicted molar refractivity (Wildman–Crippen MR) is 108 cm³/mol. The van der Waals surface area contributed by atoms with Gasteiger partial charge in [0.25, 0.3) is 11.7 Å². The highest BCUT2D eigenvalue weighted by Crippen LogP contribution is 2.47. The molecule has 29 heavy (non-hydrogen) atoms. The fraction of sp³-hybridized carbons (Fsp3) is 0.318. The monoisotopic (exact) mass is 390 g/mol. The molecule has 0 unspecified atom stereocenters. The Morgan fingerprint density at radius 1 is 1.07 bits per heavy atom. The van der Waals surface area contributed by atoms with Gasteiger partial charge in [0.2, 0.25) is 0 Å². The number of pyridine rings is 1. The summed E-state index contributed by atoms with van der Waals surface area (Å²) in [5.74, 6) is 1.36. The molecule has 148 valence electrons. The molecule has 1 spiro atoms. The van der Waals surface area contributed by atoms with Crippen LogP contribution < -0.4 is 14.8 Å². The molecule has 2 aromatic heterocycles. The van der Waals surface area contributed by atoms with Crippen LogP contribution >= 0.6 is 0 Å². The first-order valence-electron chi connectivity index (χ1n) is 9.85. The Hall–Kier alpha value is -3.35. The molecule has 2 aliphatic rings. The van der Waals surface area contributed by atoms with Gasteiger partial charge >= 0.3 is 0 Å². The van der Waals surface area contributed by atoms with E-state index in [1.54, 1.807) is 23.0 Å². The molecule has 0 atom stereocenters. The SMILES string of the molecule is Cc1cc(C)n(-c2ccc(C(=O)Nc3ccc4c(c3)OC3(CCCC3)O4)cn2)n1. The predicted octanol–water partition coefficient (Wildman–Crippen LogP) is 4.18. The van der Waals surface area contributed by atoms with Gasteiger partial charge < -0.3 is 14.8 Å². The summed E-state index contributed by atoms with van der Waals surface area (Å²) < 4.78 is 13.8. The standard InChI is InChI=1S/C22H22N4O3/c1-14-11-15(2)26(25-14)20-8-5-16(13-23-20)21(27)24-17-6-7-18-19(12-17)29-22(28-18)9-3-4-10-22/h5-8,11-13H,3-4,9-10H2,1-2H3,(H,24,27). The van der Waals surface area contributed by atoms with Crippen molar-refractivity contribution < 1.29 is 14.3 Å². The van der Waals surface area contributed by atoms with Crippen LogP contribution in [-0.2, 0) is 0 Å². The third-order valence-electron chi connectivity index (χ3n) is 5.40. The lowest BCUT2D eigenvalue weighted by Gasteiger charge is -2.21. The number of rotatable bonds is 3. The highest BCUT2D eigenvalue weighted by atomic mass is 16.7. The number of benzene rings is 1. The number of aryl methyl sites for hydroxylation is 2. The van der Waals surface area contributed by atoms with Gasteiger partial charge in [-0.1, -0.05) is 0 Å². The smallest absolute Gasteiger partial charge is 0.257 e. The fourth-order valence-electron chi connectivity index (χ4n) is 4.00. The molecule has 0 radical (unpaired) electrons. The average molecular weight is 390 g/mol. The van der Waals surface area contributed by atoms with E-state index in [1.165, 1.54) is 0 Å². The van der Waals surface area contributed by atoms with Crippen LogP contribution in [0.5, 0.6) is 11.5 Å². The van der Waals surface area contributed by atoms with Crippen LogP contribution in [0.25, 0.3) is 5.82 Å². The summed E-state index contributed by atoms with van der Waals surface area (Å²) in [5.41, 5.74) is 3.05. The van der Waals surface area contributed by atoms with Crippen LogP contribution in [0.15, 0.2) is 42.6 Å². The molecule has 1 saturated carbocycles. The van der Waals surface area contributed by atoms with E-state index >= 15 is 0 Å². The second-order valence-electron chi connectivity index (χ2n) is 7.68. The number of hydrogen-bond donors (Lipinski definition) is 1. The van der Waals surface area contributed by atoms with Gasteiger partial charge in [-0.15, -0.1) is 0 Å². The molecule has 0 bridgehead atoms. The van der Waals surface area contributed by atoms with Crippen LogP contribution in [0.2, 0.25) is 0 Å². The Bertz CT molecular complexity index is 1080. The van der Waals surface area contributed by atoms with E-state index in [4.69, 9.17) is 9.47 Å². The molecule has 0 saturated heterocycles. The number of ether oxygens (including phenoxy) is 2. The van der Waals surface area contributed by atoms with Crippen molar-refractivity contribution in [2.24, 2.45) is 0 Å². The minimum Gasteiger partial charge on any atom is -0.448 e. The lowest BCUT2D eigenvalue weighted by atomic mass is 10.2. The van der Waals surface area contributed by atoms with Gasteiger partial charge in [-0.2, -0.15) is 5.10 Å². The number of anilines is 1. The van der Waals surface area contributed by atoms with E-state index in [-0.39, 0.29) is 5.91 Å². The molecular formula is C22H22N4O3. The molecule has 7 heteroatoms. The van der Waals surface area contributed by atoms with Gasteiger partial charge in [0.05, 0.1) is 11.3 Å². The Morgan fingerprint density at radius 3 is 2.55 bits per heavy atom. The van der Waals surface area contributed by atoms with E-state index in [0.29, 0.717) is 22.8 Å². The molecule has 1 N–H and O–H groups in total. The maximum atomic E-state index is 12.6. The van der Waals surface area contributed by atoms with E-state index in [1.807, 2.05) is 38.1 Å². The van der Waals surface area contributed by atoms with Gasteiger partial charge in [0, 0.05) is 36.5 Å². The van der Waals surface area contributed by atoms with Crippen molar-refractivity contribution in [3.05, 3.63) is 59.5 Å². The third kappa shape index (κ3) is 3.22. The molecular weight excluding hydrogens is 368 g/mol. The fourth-order valence-corrected chi connectivity index (χ4v) is 4.00. The second kappa shape index (κ2) is 6.62. The summed E-state index contributed by atoms with van der Waals surface area (Å²) in [5, 5.41) is 7.32. The van der Waals surface area contributed by atoms with E-state index in [0.717, 1.165) is 42.8 Å². The maximum Gasteiger partial charge on any atom is 0.257 e. The first kappa shape index (κ1) is 17.7. The second-order valence-corrected chi connectivity index (χ2v) is 7.68. The average Bonchev–Trinajstić information content (AvgIpc) is 3.40. The molecule has 7 nitrogen and oxygen atoms in total. The summed E-state index contributed by atoms with van der Waals surface area (Å²) in [4.78, 5) is 17.0. The van der Waals surface area contributed by atoms with Crippen molar-refractivity contribution in [1.82, 2.24) is 14.8 Å². The Balaban J connectivity index is 1.31. The van der Waals surface area contributed by atoms with Crippen LogP contribution in [0, 0.1) is 13.8 Å². The molecule has 1 aliphatic carbocycles. The summed E-state index contributed by atoms with van der Waals surface area (Å²) in [6, 6.07) is 11.0. The van der Waals surface area contributed by atoms with Crippen LogP contribution in [-0.4, -0.2) is 26.5 Å². The molecule has 1 fully saturated rings. The molecule has 1 aliphatic heterocycles. The quantitative estimate of drug-likeness (QED) is 0.726. The topological polar surface area (TPSA) is 78.3 Å². The van der Waals surface area contributed by atoms with Gasteiger partial charge in [0.1, 0.15) is 0 Å². The summed E-state index contributed by atoms with van der Waals surface area (Å²) in [6.07, 6.45) is 5.57. The van der Waals surface area contributed by atoms with Crippen LogP contribution in [0.3, 0.4) is 0 Å². The van der Waals surface area contributed by atoms with Gasteiger partial charge in [-0.25, -0.2) is 9.67 Å². The van der Waals surface area contributed by atoms with Crippen molar-refractivity contribution in [2.45, 2.75) is 45.3 Å². The number of fused-ring (bicyclic) bond motifs is 1. The number of aromatic nitrogens is 3. The Labute approximate surface area is 168 Å². The zero-order valence-corrected chi connectivity index (χ0v) is 16.4. The lowest BCUT2D eigenvalue weighted by molar-refractivity contribution is -0.0716. The van der Waals surface area contributed by atoms with Crippen molar-refractivity contribution >= 4 is 11.6 Å². The molecule has 3 heterocycles. The minimum absolute atomic E-state index is 0.230. The third-order valence-corrected chi connectivity index (χ3v) is 5.40. The van der Waals surface area contributed by atoms with Gasteiger partial charge in [-0.3, -0.25) is 4.79 Å². The van der Waals surface area contributed by atoms with Crippen LogP contribution in [0.4, 0.5) is 5.69 Å². The van der Waals surface area contributed by atoms with Crippen molar-refractivity contribution in [3.63, 3.8) is 0 Å². The molecule has 5 rings (SSSR count). The first-order chi connectivity index (χ1) is 14.0. The number of carbonyl (C=O) groups excluding carboxylic acids is 1. The molecule has 3 aromatic rings.